The van der Waals surface area contributed by atoms with E-state index in [0.29, 0.717) is 17.3 Å². The zero-order chi connectivity index (χ0) is 18.9. The summed E-state index contributed by atoms with van der Waals surface area (Å²) in [6, 6.07) is 12.3. The van der Waals surface area contributed by atoms with E-state index in [1.165, 1.54) is 18.4 Å². The van der Waals surface area contributed by atoms with Gasteiger partial charge in [0.15, 0.2) is 0 Å². The van der Waals surface area contributed by atoms with Crippen molar-refractivity contribution in [1.29, 1.82) is 0 Å². The number of fused-ring (bicyclic) bond motifs is 1. The Hall–Kier alpha value is -1.89. The van der Waals surface area contributed by atoms with Crippen LogP contribution >= 0.6 is 11.6 Å². The minimum atomic E-state index is -3.55. The predicted molar refractivity (Wildman–Crippen MR) is 103 cm³/mol. The Morgan fingerprint density at radius 2 is 1.96 bits per heavy atom. The summed E-state index contributed by atoms with van der Waals surface area (Å²) in [5, 5.41) is 0.591. The summed E-state index contributed by atoms with van der Waals surface area (Å²) in [4.78, 5) is 14.7. The molecule has 0 bridgehead atoms. The van der Waals surface area contributed by atoms with Crippen LogP contribution in [0, 0.1) is 0 Å². The molecule has 0 atom stereocenters. The molecule has 1 amide bonds. The molecule has 1 heterocycles. The van der Waals surface area contributed by atoms with Gasteiger partial charge in [-0.2, -0.15) is 0 Å². The van der Waals surface area contributed by atoms with Gasteiger partial charge in [0, 0.05) is 31.4 Å². The van der Waals surface area contributed by atoms with Crippen LogP contribution in [0.1, 0.15) is 17.5 Å². The SMILES string of the molecule is CN(C)S(=O)(=O)c1ccc2c(c1)N(C(=O)Cc1cccc(Cl)c1)CCC2. The monoisotopic (exact) mass is 392 g/mol. The van der Waals surface area contributed by atoms with Crippen LogP contribution in [0.5, 0.6) is 0 Å². The van der Waals surface area contributed by atoms with Gasteiger partial charge in [0.05, 0.1) is 11.3 Å². The van der Waals surface area contributed by atoms with Crippen molar-refractivity contribution in [3.05, 3.63) is 58.6 Å². The van der Waals surface area contributed by atoms with Gasteiger partial charge in [-0.3, -0.25) is 4.79 Å². The van der Waals surface area contributed by atoms with Gasteiger partial charge in [-0.1, -0.05) is 29.8 Å². The molecule has 7 heteroatoms. The van der Waals surface area contributed by atoms with Gasteiger partial charge in [-0.25, -0.2) is 12.7 Å². The maximum atomic E-state index is 12.9. The van der Waals surface area contributed by atoms with Crippen LogP contribution in [-0.2, 0) is 27.7 Å². The van der Waals surface area contributed by atoms with Gasteiger partial charge < -0.3 is 4.90 Å². The van der Waals surface area contributed by atoms with E-state index in [-0.39, 0.29) is 17.2 Å². The molecule has 1 aliphatic rings. The van der Waals surface area contributed by atoms with Crippen LogP contribution < -0.4 is 4.90 Å². The molecule has 0 fully saturated rings. The van der Waals surface area contributed by atoms with Gasteiger partial charge >= 0.3 is 0 Å². The second-order valence-electron chi connectivity index (χ2n) is 6.53. The van der Waals surface area contributed by atoms with E-state index in [1.54, 1.807) is 29.2 Å². The number of rotatable bonds is 4. The minimum absolute atomic E-state index is 0.0624. The van der Waals surface area contributed by atoms with Crippen LogP contribution in [0.3, 0.4) is 0 Å². The summed E-state index contributed by atoms with van der Waals surface area (Å²) in [5.74, 6) is -0.0624. The Balaban J connectivity index is 1.93. The number of hydrogen-bond acceptors (Lipinski definition) is 3. The smallest absolute Gasteiger partial charge is 0.242 e. The van der Waals surface area contributed by atoms with Crippen molar-refractivity contribution >= 4 is 33.2 Å². The fraction of sp³-hybridized carbons (Fsp3) is 0.316. The van der Waals surface area contributed by atoms with Crippen LogP contribution in [-0.4, -0.2) is 39.3 Å². The van der Waals surface area contributed by atoms with Crippen molar-refractivity contribution in [2.45, 2.75) is 24.2 Å². The number of benzene rings is 2. The number of nitrogens with zero attached hydrogens (tertiary/aromatic N) is 2. The van der Waals surface area contributed by atoms with E-state index < -0.39 is 10.0 Å². The molecular weight excluding hydrogens is 372 g/mol. The Bertz CT molecular complexity index is 942. The van der Waals surface area contributed by atoms with Crippen LogP contribution in [0.2, 0.25) is 5.02 Å². The summed E-state index contributed by atoms with van der Waals surface area (Å²) in [5.41, 5.74) is 2.52. The molecule has 5 nitrogen and oxygen atoms in total. The lowest BCUT2D eigenvalue weighted by molar-refractivity contribution is -0.118. The van der Waals surface area contributed by atoms with E-state index in [1.807, 2.05) is 18.2 Å². The maximum Gasteiger partial charge on any atom is 0.242 e. The molecule has 0 N–H and O–H groups in total. The molecule has 3 rings (SSSR count). The van der Waals surface area contributed by atoms with E-state index in [0.717, 1.165) is 24.0 Å². The summed E-state index contributed by atoms with van der Waals surface area (Å²) >= 11 is 6.00. The number of anilines is 1. The molecule has 0 saturated heterocycles. The van der Waals surface area contributed by atoms with Crippen molar-refractivity contribution in [3.63, 3.8) is 0 Å². The zero-order valence-electron chi connectivity index (χ0n) is 14.8. The second kappa shape index (κ2) is 7.39. The first-order valence-electron chi connectivity index (χ1n) is 8.39. The van der Waals surface area contributed by atoms with Crippen LogP contribution in [0.25, 0.3) is 0 Å². The first-order chi connectivity index (χ1) is 12.3. The summed E-state index contributed by atoms with van der Waals surface area (Å²) in [6.07, 6.45) is 1.91. The quantitative estimate of drug-likeness (QED) is 0.803. The third-order valence-electron chi connectivity index (χ3n) is 4.50. The first kappa shape index (κ1) is 18.9. The Labute approximate surface area is 159 Å². The molecular formula is C19H21ClN2O3S. The molecule has 0 spiro atoms. The molecule has 2 aromatic rings. The normalized spacial score (nSPS) is 14.4. The van der Waals surface area contributed by atoms with E-state index in [2.05, 4.69) is 0 Å². The van der Waals surface area contributed by atoms with E-state index >= 15 is 0 Å². The molecule has 1 aliphatic heterocycles. The van der Waals surface area contributed by atoms with Crippen molar-refractivity contribution in [2.24, 2.45) is 0 Å². The molecule has 0 aromatic heterocycles. The van der Waals surface area contributed by atoms with E-state index in [4.69, 9.17) is 11.6 Å². The third kappa shape index (κ3) is 3.77. The second-order valence-corrected chi connectivity index (χ2v) is 9.12. The van der Waals surface area contributed by atoms with Gasteiger partial charge in [0.1, 0.15) is 0 Å². The number of carbonyl (C=O) groups is 1. The topological polar surface area (TPSA) is 57.7 Å². The lowest BCUT2D eigenvalue weighted by Crippen LogP contribution is -2.36. The fourth-order valence-corrected chi connectivity index (χ4v) is 4.24. The Kier molecular flexibility index (Phi) is 5.37. The lowest BCUT2D eigenvalue weighted by atomic mass is 10.0. The average molecular weight is 393 g/mol. The maximum absolute atomic E-state index is 12.9. The summed E-state index contributed by atoms with van der Waals surface area (Å²) in [7, 11) is -0.552. The van der Waals surface area contributed by atoms with Gasteiger partial charge in [-0.05, 0) is 48.2 Å². The summed E-state index contributed by atoms with van der Waals surface area (Å²) in [6.45, 7) is 0.581. The highest BCUT2D eigenvalue weighted by Gasteiger charge is 2.26. The van der Waals surface area contributed by atoms with Crippen molar-refractivity contribution < 1.29 is 13.2 Å². The van der Waals surface area contributed by atoms with Crippen LogP contribution in [0.15, 0.2) is 47.4 Å². The number of hydrogen-bond donors (Lipinski definition) is 0. The molecule has 0 unspecified atom stereocenters. The van der Waals surface area contributed by atoms with Gasteiger partial charge in [-0.15, -0.1) is 0 Å². The Morgan fingerprint density at radius 3 is 2.65 bits per heavy atom. The van der Waals surface area contributed by atoms with Gasteiger partial charge in [0.25, 0.3) is 0 Å². The van der Waals surface area contributed by atoms with Crippen molar-refractivity contribution in [2.75, 3.05) is 25.5 Å². The largest absolute Gasteiger partial charge is 0.312 e. The Morgan fingerprint density at radius 1 is 1.19 bits per heavy atom. The molecule has 0 saturated carbocycles. The fourth-order valence-electron chi connectivity index (χ4n) is 3.10. The highest BCUT2D eigenvalue weighted by molar-refractivity contribution is 7.89. The average Bonchev–Trinajstić information content (AvgIpc) is 2.60. The number of carbonyl (C=O) groups excluding carboxylic acids is 1. The molecule has 26 heavy (non-hydrogen) atoms. The first-order valence-corrected chi connectivity index (χ1v) is 10.2. The third-order valence-corrected chi connectivity index (χ3v) is 6.55. The number of aryl methyl sites for hydroxylation is 1. The molecule has 0 radical (unpaired) electrons. The summed E-state index contributed by atoms with van der Waals surface area (Å²) < 4.78 is 26.0. The highest BCUT2D eigenvalue weighted by atomic mass is 35.5. The lowest BCUT2D eigenvalue weighted by Gasteiger charge is -2.30. The van der Waals surface area contributed by atoms with E-state index in [9.17, 15) is 13.2 Å². The van der Waals surface area contributed by atoms with Crippen molar-refractivity contribution in [3.8, 4) is 0 Å². The standard InChI is InChI=1S/C19H21ClN2O3S/c1-21(2)26(24,25)17-9-8-15-6-4-10-22(18(15)13-17)19(23)12-14-5-3-7-16(20)11-14/h3,5,7-9,11,13H,4,6,10,12H2,1-2H3. The van der Waals surface area contributed by atoms with Crippen molar-refractivity contribution in [1.82, 2.24) is 4.31 Å². The highest BCUT2D eigenvalue weighted by Crippen LogP contribution is 2.31. The minimum Gasteiger partial charge on any atom is -0.312 e. The zero-order valence-corrected chi connectivity index (χ0v) is 16.3. The van der Waals surface area contributed by atoms with Gasteiger partial charge in [0.2, 0.25) is 15.9 Å². The number of sulfonamides is 1. The predicted octanol–water partition coefficient (Wildman–Crippen LogP) is 3.11. The molecule has 0 aliphatic carbocycles. The number of halogens is 1. The van der Waals surface area contributed by atoms with Crippen LogP contribution in [0.4, 0.5) is 5.69 Å². The number of amides is 1. The molecule has 2 aromatic carbocycles. The molecule has 138 valence electrons.